The molecule has 1 unspecified atom stereocenters. The number of pyridine rings is 1. The highest BCUT2D eigenvalue weighted by Crippen LogP contribution is 2.17. The third-order valence-corrected chi connectivity index (χ3v) is 2.98. The maximum atomic E-state index is 5.98. The third-order valence-electron chi connectivity index (χ3n) is 2.76. The Morgan fingerprint density at radius 2 is 2.24 bits per heavy atom. The Morgan fingerprint density at radius 3 is 2.94 bits per heavy atom. The second-order valence-corrected chi connectivity index (χ2v) is 5.16. The molecule has 0 bridgehead atoms. The largest absolute Gasteiger partial charge is 0.359 e. The molecule has 2 aromatic rings. The molecule has 5 heteroatoms. The molecule has 0 amide bonds. The van der Waals surface area contributed by atoms with Crippen LogP contribution < -0.4 is 4.90 Å². The molecule has 0 radical (unpaired) electrons. The van der Waals surface area contributed by atoms with Crippen molar-refractivity contribution in [1.82, 2.24) is 14.6 Å². The lowest BCUT2D eigenvalue weighted by Crippen LogP contribution is -2.23. The van der Waals surface area contributed by atoms with E-state index in [1.807, 2.05) is 17.5 Å². The van der Waals surface area contributed by atoms with Crippen molar-refractivity contribution >= 4 is 23.1 Å². The van der Waals surface area contributed by atoms with Crippen molar-refractivity contribution < 1.29 is 0 Å². The van der Waals surface area contributed by atoms with Gasteiger partial charge in [0.1, 0.15) is 12.1 Å². The first kappa shape index (κ1) is 12.2. The highest BCUT2D eigenvalue weighted by molar-refractivity contribution is 6.20. The number of hydrogen-bond donors (Lipinski definition) is 0. The molecule has 4 nitrogen and oxygen atoms in total. The van der Waals surface area contributed by atoms with Crippen molar-refractivity contribution in [3.05, 3.63) is 24.0 Å². The molecule has 0 spiro atoms. The van der Waals surface area contributed by atoms with Gasteiger partial charge in [-0.3, -0.25) is 0 Å². The van der Waals surface area contributed by atoms with Gasteiger partial charge in [0.25, 0.3) is 0 Å². The number of aromatic nitrogens is 3. The molecule has 2 aromatic heterocycles. The van der Waals surface area contributed by atoms with Crippen LogP contribution in [0.3, 0.4) is 0 Å². The molecule has 0 N–H and O–H groups in total. The normalized spacial score (nSPS) is 12.9. The zero-order valence-electron chi connectivity index (χ0n) is 10.4. The molecule has 0 aliphatic carbocycles. The second-order valence-electron chi connectivity index (χ2n) is 4.41. The number of anilines is 1. The lowest BCUT2D eigenvalue weighted by atomic mass is 10.2. The number of aryl methyl sites for hydroxylation is 1. The summed E-state index contributed by atoms with van der Waals surface area (Å²) in [5, 5.41) is 4.43. The molecule has 17 heavy (non-hydrogen) atoms. The molecular weight excluding hydrogens is 236 g/mol. The Balaban J connectivity index is 2.30. The Morgan fingerprint density at radius 1 is 1.47 bits per heavy atom. The molecule has 0 aromatic carbocycles. The summed E-state index contributed by atoms with van der Waals surface area (Å²) in [6, 6.07) is 4.13. The minimum Gasteiger partial charge on any atom is -0.359 e. The van der Waals surface area contributed by atoms with Crippen LogP contribution in [0.25, 0.3) is 5.65 Å². The maximum absolute atomic E-state index is 5.98. The Labute approximate surface area is 106 Å². The van der Waals surface area contributed by atoms with Gasteiger partial charge in [0, 0.05) is 19.0 Å². The predicted molar refractivity (Wildman–Crippen MR) is 70.9 cm³/mol. The highest BCUT2D eigenvalue weighted by atomic mass is 35.5. The first-order valence-electron chi connectivity index (χ1n) is 5.73. The van der Waals surface area contributed by atoms with E-state index in [0.29, 0.717) is 0 Å². The van der Waals surface area contributed by atoms with E-state index in [2.05, 4.69) is 35.0 Å². The van der Waals surface area contributed by atoms with Gasteiger partial charge in [-0.05, 0) is 38.0 Å². The van der Waals surface area contributed by atoms with E-state index in [9.17, 15) is 0 Å². The summed E-state index contributed by atoms with van der Waals surface area (Å²) in [5.74, 6) is 1.05. The van der Waals surface area contributed by atoms with E-state index in [1.165, 1.54) is 5.56 Å². The van der Waals surface area contributed by atoms with Crippen LogP contribution in [0.1, 0.15) is 18.9 Å². The molecule has 0 aliphatic rings. The minimum atomic E-state index is 0.188. The van der Waals surface area contributed by atoms with Crippen molar-refractivity contribution in [3.63, 3.8) is 0 Å². The fourth-order valence-electron chi connectivity index (χ4n) is 1.79. The number of rotatable bonds is 4. The van der Waals surface area contributed by atoms with Crippen molar-refractivity contribution in [2.24, 2.45) is 0 Å². The second kappa shape index (κ2) is 4.92. The van der Waals surface area contributed by atoms with E-state index in [-0.39, 0.29) is 5.38 Å². The minimum absolute atomic E-state index is 0.188. The summed E-state index contributed by atoms with van der Waals surface area (Å²) in [4.78, 5) is 6.38. The Kier molecular flexibility index (Phi) is 3.52. The number of alkyl halides is 1. The van der Waals surface area contributed by atoms with Gasteiger partial charge in [-0.15, -0.1) is 11.6 Å². The highest BCUT2D eigenvalue weighted by Gasteiger charge is 2.09. The first-order chi connectivity index (χ1) is 8.08. The molecule has 92 valence electrons. The molecule has 2 heterocycles. The predicted octanol–water partition coefficient (Wildman–Crippen LogP) is 2.49. The van der Waals surface area contributed by atoms with Crippen molar-refractivity contribution in [1.29, 1.82) is 0 Å². The summed E-state index contributed by atoms with van der Waals surface area (Å²) < 4.78 is 1.85. The summed E-state index contributed by atoms with van der Waals surface area (Å²) >= 11 is 5.98. The molecule has 0 saturated heterocycles. The van der Waals surface area contributed by atoms with Gasteiger partial charge in [-0.2, -0.15) is 9.61 Å². The lowest BCUT2D eigenvalue weighted by molar-refractivity contribution is 0.751. The molecule has 2 rings (SSSR count). The zero-order chi connectivity index (χ0) is 12.4. The van der Waals surface area contributed by atoms with E-state index in [0.717, 1.165) is 24.4 Å². The van der Waals surface area contributed by atoms with Crippen LogP contribution >= 0.6 is 11.6 Å². The van der Waals surface area contributed by atoms with E-state index < -0.39 is 0 Å². The van der Waals surface area contributed by atoms with Crippen molar-refractivity contribution in [2.45, 2.75) is 25.6 Å². The SMILES string of the molecule is Cc1cc(N(C)CCC(C)Cl)n2ncnc2c1. The molecule has 0 saturated carbocycles. The lowest BCUT2D eigenvalue weighted by Gasteiger charge is -2.20. The van der Waals surface area contributed by atoms with Gasteiger partial charge < -0.3 is 4.90 Å². The fraction of sp³-hybridized carbons (Fsp3) is 0.500. The zero-order valence-corrected chi connectivity index (χ0v) is 11.1. The smallest absolute Gasteiger partial charge is 0.157 e. The van der Waals surface area contributed by atoms with Crippen LogP contribution in [0.5, 0.6) is 0 Å². The first-order valence-corrected chi connectivity index (χ1v) is 6.17. The third kappa shape index (κ3) is 2.69. The topological polar surface area (TPSA) is 33.4 Å². The van der Waals surface area contributed by atoms with Crippen LogP contribution in [0, 0.1) is 6.92 Å². The van der Waals surface area contributed by atoms with Gasteiger partial charge in [0.05, 0.1) is 0 Å². The average Bonchev–Trinajstić information content (AvgIpc) is 2.72. The summed E-state index contributed by atoms with van der Waals surface area (Å²) in [7, 11) is 2.05. The van der Waals surface area contributed by atoms with Crippen LogP contribution in [0.15, 0.2) is 18.5 Å². The van der Waals surface area contributed by atoms with Gasteiger partial charge in [-0.25, -0.2) is 4.98 Å². The van der Waals surface area contributed by atoms with Crippen molar-refractivity contribution in [3.8, 4) is 0 Å². The van der Waals surface area contributed by atoms with E-state index in [1.54, 1.807) is 6.33 Å². The number of fused-ring (bicyclic) bond motifs is 1. The standard InChI is InChI=1S/C12H17ClN4/c1-9-6-11-14-8-15-17(11)12(7-9)16(3)5-4-10(2)13/h6-8,10H,4-5H2,1-3H3. The Bertz CT molecular complexity index is 506. The van der Waals surface area contributed by atoms with Crippen molar-refractivity contribution in [2.75, 3.05) is 18.5 Å². The summed E-state index contributed by atoms with van der Waals surface area (Å²) in [5.41, 5.74) is 2.07. The average molecular weight is 253 g/mol. The number of halogens is 1. The Hall–Kier alpha value is -1.29. The van der Waals surface area contributed by atoms with Crippen LogP contribution in [-0.2, 0) is 0 Å². The van der Waals surface area contributed by atoms with Crippen LogP contribution in [-0.4, -0.2) is 33.6 Å². The van der Waals surface area contributed by atoms with Crippen LogP contribution in [0.2, 0.25) is 0 Å². The molecule has 0 aliphatic heterocycles. The summed E-state index contributed by atoms with van der Waals surface area (Å²) in [6.07, 6.45) is 2.53. The number of nitrogens with zero attached hydrogens (tertiary/aromatic N) is 4. The summed E-state index contributed by atoms with van der Waals surface area (Å²) in [6.45, 7) is 4.98. The quantitative estimate of drug-likeness (QED) is 0.784. The maximum Gasteiger partial charge on any atom is 0.157 e. The fourth-order valence-corrected chi connectivity index (χ4v) is 1.89. The van der Waals surface area contributed by atoms with Crippen LogP contribution in [0.4, 0.5) is 5.82 Å². The molecular formula is C12H17ClN4. The molecule has 0 fully saturated rings. The van der Waals surface area contributed by atoms with Gasteiger partial charge in [-0.1, -0.05) is 0 Å². The van der Waals surface area contributed by atoms with E-state index in [4.69, 9.17) is 11.6 Å². The number of hydrogen-bond acceptors (Lipinski definition) is 3. The molecule has 1 atom stereocenters. The van der Waals surface area contributed by atoms with Gasteiger partial charge in [0.15, 0.2) is 5.65 Å². The monoisotopic (exact) mass is 252 g/mol. The van der Waals surface area contributed by atoms with E-state index >= 15 is 0 Å². The van der Waals surface area contributed by atoms with Gasteiger partial charge >= 0.3 is 0 Å². The van der Waals surface area contributed by atoms with Gasteiger partial charge in [0.2, 0.25) is 0 Å².